The minimum atomic E-state index is -0.171. The number of amides is 1. The Bertz CT molecular complexity index is 682. The van der Waals surface area contributed by atoms with Gasteiger partial charge in [-0.3, -0.25) is 4.79 Å². The van der Waals surface area contributed by atoms with E-state index in [1.807, 2.05) is 17.7 Å². The standard InChI is InChI=1S/C15H16N2O3S/c1-9-7-21-8-10(9)15(18)17-12-6-14-13(5-11(12)16)19-3-2-4-20-14/h5-8H,2-4,16H2,1H3,(H,17,18). The highest BCUT2D eigenvalue weighted by molar-refractivity contribution is 7.08. The quantitative estimate of drug-likeness (QED) is 0.836. The summed E-state index contributed by atoms with van der Waals surface area (Å²) in [5, 5.41) is 6.59. The molecule has 2 aromatic rings. The lowest BCUT2D eigenvalue weighted by Crippen LogP contribution is -2.13. The Kier molecular flexibility index (Phi) is 3.70. The Morgan fingerprint density at radius 1 is 1.24 bits per heavy atom. The zero-order chi connectivity index (χ0) is 14.8. The molecule has 1 aliphatic rings. The van der Waals surface area contributed by atoms with Gasteiger partial charge in [0.1, 0.15) is 0 Å². The van der Waals surface area contributed by atoms with Crippen molar-refractivity contribution < 1.29 is 14.3 Å². The fraction of sp³-hybridized carbons (Fsp3) is 0.267. The minimum Gasteiger partial charge on any atom is -0.489 e. The molecule has 3 N–H and O–H groups in total. The van der Waals surface area contributed by atoms with Crippen LogP contribution in [0.15, 0.2) is 22.9 Å². The number of carbonyl (C=O) groups is 1. The van der Waals surface area contributed by atoms with E-state index in [9.17, 15) is 4.79 Å². The monoisotopic (exact) mass is 304 g/mol. The predicted octanol–water partition coefficient (Wildman–Crippen LogP) is 3.05. The van der Waals surface area contributed by atoms with Crippen LogP contribution < -0.4 is 20.5 Å². The maximum Gasteiger partial charge on any atom is 0.256 e. The highest BCUT2D eigenvalue weighted by Gasteiger charge is 2.16. The van der Waals surface area contributed by atoms with Crippen molar-refractivity contribution in [2.45, 2.75) is 13.3 Å². The summed E-state index contributed by atoms with van der Waals surface area (Å²) in [6.07, 6.45) is 0.824. The van der Waals surface area contributed by atoms with Crippen LogP contribution in [0.3, 0.4) is 0 Å². The van der Waals surface area contributed by atoms with Crippen LogP contribution in [-0.2, 0) is 0 Å². The summed E-state index contributed by atoms with van der Waals surface area (Å²) in [5.41, 5.74) is 8.59. The van der Waals surface area contributed by atoms with E-state index < -0.39 is 0 Å². The van der Waals surface area contributed by atoms with Crippen molar-refractivity contribution in [3.8, 4) is 11.5 Å². The van der Waals surface area contributed by atoms with Crippen molar-refractivity contribution in [2.24, 2.45) is 0 Å². The van der Waals surface area contributed by atoms with Crippen LogP contribution in [0.5, 0.6) is 11.5 Å². The Labute approximate surface area is 126 Å². The van der Waals surface area contributed by atoms with Crippen LogP contribution in [0, 0.1) is 6.92 Å². The first kappa shape index (κ1) is 13.8. The molecule has 1 aromatic carbocycles. The number of rotatable bonds is 2. The van der Waals surface area contributed by atoms with E-state index in [4.69, 9.17) is 15.2 Å². The Hall–Kier alpha value is -2.21. The fourth-order valence-corrected chi connectivity index (χ4v) is 2.94. The Morgan fingerprint density at radius 2 is 1.95 bits per heavy atom. The molecule has 5 nitrogen and oxygen atoms in total. The third kappa shape index (κ3) is 2.80. The number of anilines is 2. The number of carbonyl (C=O) groups excluding carboxylic acids is 1. The number of nitrogen functional groups attached to an aromatic ring is 1. The largest absolute Gasteiger partial charge is 0.489 e. The number of nitrogens with one attached hydrogen (secondary N) is 1. The van der Waals surface area contributed by atoms with E-state index in [-0.39, 0.29) is 5.91 Å². The molecule has 0 saturated carbocycles. The molecule has 0 bridgehead atoms. The SMILES string of the molecule is Cc1cscc1C(=O)Nc1cc2c(cc1N)OCCCO2. The van der Waals surface area contributed by atoms with E-state index in [1.165, 1.54) is 11.3 Å². The van der Waals surface area contributed by atoms with Gasteiger partial charge in [-0.15, -0.1) is 0 Å². The van der Waals surface area contributed by atoms with Gasteiger partial charge in [-0.05, 0) is 17.9 Å². The summed E-state index contributed by atoms with van der Waals surface area (Å²) in [6.45, 7) is 3.10. The third-order valence-corrected chi connectivity index (χ3v) is 4.13. The van der Waals surface area contributed by atoms with E-state index in [2.05, 4.69) is 5.32 Å². The van der Waals surface area contributed by atoms with Crippen molar-refractivity contribution in [3.05, 3.63) is 34.0 Å². The van der Waals surface area contributed by atoms with Gasteiger partial charge < -0.3 is 20.5 Å². The van der Waals surface area contributed by atoms with Crippen molar-refractivity contribution in [3.63, 3.8) is 0 Å². The van der Waals surface area contributed by atoms with Gasteiger partial charge in [-0.25, -0.2) is 0 Å². The van der Waals surface area contributed by atoms with Gasteiger partial charge in [0.05, 0.1) is 30.2 Å². The summed E-state index contributed by atoms with van der Waals surface area (Å²) in [4.78, 5) is 12.3. The zero-order valence-corrected chi connectivity index (χ0v) is 12.5. The molecule has 0 atom stereocenters. The summed E-state index contributed by atoms with van der Waals surface area (Å²) in [6, 6.07) is 3.41. The van der Waals surface area contributed by atoms with Crippen molar-refractivity contribution in [1.29, 1.82) is 0 Å². The summed E-state index contributed by atoms with van der Waals surface area (Å²) >= 11 is 1.50. The number of hydrogen-bond donors (Lipinski definition) is 2. The van der Waals surface area contributed by atoms with Gasteiger partial charge in [0, 0.05) is 23.9 Å². The van der Waals surface area contributed by atoms with Gasteiger partial charge in [0.15, 0.2) is 11.5 Å². The van der Waals surface area contributed by atoms with E-state index in [0.717, 1.165) is 12.0 Å². The summed E-state index contributed by atoms with van der Waals surface area (Å²) in [5.74, 6) is 1.06. The van der Waals surface area contributed by atoms with Crippen LogP contribution in [0.25, 0.3) is 0 Å². The van der Waals surface area contributed by atoms with Crippen LogP contribution in [0.2, 0.25) is 0 Å². The van der Waals surface area contributed by atoms with E-state index in [0.29, 0.717) is 41.7 Å². The lowest BCUT2D eigenvalue weighted by Gasteiger charge is -2.13. The molecule has 0 radical (unpaired) electrons. The molecule has 110 valence electrons. The molecule has 0 unspecified atom stereocenters. The van der Waals surface area contributed by atoms with Crippen molar-refractivity contribution >= 4 is 28.6 Å². The number of fused-ring (bicyclic) bond motifs is 1. The zero-order valence-electron chi connectivity index (χ0n) is 11.6. The van der Waals surface area contributed by atoms with Gasteiger partial charge in [-0.1, -0.05) is 0 Å². The second kappa shape index (κ2) is 5.65. The van der Waals surface area contributed by atoms with Gasteiger partial charge in [0.2, 0.25) is 0 Å². The Morgan fingerprint density at radius 3 is 2.62 bits per heavy atom. The third-order valence-electron chi connectivity index (χ3n) is 3.27. The number of thiophene rings is 1. The predicted molar refractivity (Wildman–Crippen MR) is 83.5 cm³/mol. The van der Waals surface area contributed by atoms with Crippen LogP contribution in [-0.4, -0.2) is 19.1 Å². The summed E-state index contributed by atoms with van der Waals surface area (Å²) in [7, 11) is 0. The first-order valence-corrected chi connectivity index (χ1v) is 7.62. The normalized spacial score (nSPS) is 13.6. The molecule has 2 heterocycles. The molecule has 3 rings (SSSR count). The average molecular weight is 304 g/mol. The number of ether oxygens (including phenoxy) is 2. The lowest BCUT2D eigenvalue weighted by molar-refractivity contribution is 0.102. The number of benzene rings is 1. The molecular weight excluding hydrogens is 288 g/mol. The number of nitrogens with two attached hydrogens (primary N) is 1. The number of aryl methyl sites for hydroxylation is 1. The van der Waals surface area contributed by atoms with Crippen molar-refractivity contribution in [1.82, 2.24) is 0 Å². The van der Waals surface area contributed by atoms with Gasteiger partial charge in [0.25, 0.3) is 5.91 Å². The van der Waals surface area contributed by atoms with Gasteiger partial charge in [-0.2, -0.15) is 11.3 Å². The smallest absolute Gasteiger partial charge is 0.256 e. The first-order chi connectivity index (χ1) is 10.1. The molecule has 1 aromatic heterocycles. The molecule has 0 aliphatic carbocycles. The van der Waals surface area contributed by atoms with Crippen LogP contribution in [0.4, 0.5) is 11.4 Å². The van der Waals surface area contributed by atoms with Crippen molar-refractivity contribution in [2.75, 3.05) is 24.3 Å². The molecule has 21 heavy (non-hydrogen) atoms. The average Bonchev–Trinajstić information content (AvgIpc) is 2.75. The highest BCUT2D eigenvalue weighted by Crippen LogP contribution is 2.36. The van der Waals surface area contributed by atoms with Gasteiger partial charge >= 0.3 is 0 Å². The molecule has 0 fully saturated rings. The Balaban J connectivity index is 1.87. The summed E-state index contributed by atoms with van der Waals surface area (Å²) < 4.78 is 11.2. The molecule has 0 spiro atoms. The topological polar surface area (TPSA) is 73.6 Å². The first-order valence-electron chi connectivity index (χ1n) is 6.68. The maximum atomic E-state index is 12.3. The van der Waals surface area contributed by atoms with E-state index in [1.54, 1.807) is 12.1 Å². The molecule has 1 aliphatic heterocycles. The second-order valence-electron chi connectivity index (χ2n) is 4.86. The molecule has 1 amide bonds. The van der Waals surface area contributed by atoms with E-state index >= 15 is 0 Å². The number of hydrogen-bond acceptors (Lipinski definition) is 5. The molecule has 6 heteroatoms. The highest BCUT2D eigenvalue weighted by atomic mass is 32.1. The maximum absolute atomic E-state index is 12.3. The lowest BCUT2D eigenvalue weighted by atomic mass is 10.2. The second-order valence-corrected chi connectivity index (χ2v) is 5.60. The fourth-order valence-electron chi connectivity index (χ4n) is 2.12. The van der Waals surface area contributed by atoms with Crippen LogP contribution >= 0.6 is 11.3 Å². The minimum absolute atomic E-state index is 0.171. The molecular formula is C15H16N2O3S. The van der Waals surface area contributed by atoms with Crippen LogP contribution in [0.1, 0.15) is 22.3 Å². The molecule has 0 saturated heterocycles.